The van der Waals surface area contributed by atoms with Crippen molar-refractivity contribution in [2.45, 2.75) is 39.8 Å². The van der Waals surface area contributed by atoms with E-state index in [1.54, 1.807) is 46.0 Å². The zero-order chi connectivity index (χ0) is 19.3. The number of hydrogen-bond donors (Lipinski definition) is 1. The number of nitrogens with one attached hydrogen (secondary N) is 1. The molecule has 1 aromatic heterocycles. The fourth-order valence-corrected chi connectivity index (χ4v) is 2.51. The van der Waals surface area contributed by atoms with Gasteiger partial charge >= 0.3 is 12.1 Å². The van der Waals surface area contributed by atoms with Gasteiger partial charge < -0.3 is 19.4 Å². The highest BCUT2D eigenvalue weighted by Gasteiger charge is 2.22. The number of carbonyl (C=O) groups is 3. The minimum Gasteiger partial charge on any atom is -0.460 e. The molecule has 1 heterocycles. The second-order valence-corrected chi connectivity index (χ2v) is 6.73. The molecule has 0 unspecified atom stereocenters. The van der Waals surface area contributed by atoms with E-state index in [1.807, 2.05) is 16.7 Å². The maximum atomic E-state index is 12.3. The van der Waals surface area contributed by atoms with Gasteiger partial charge in [-0.25, -0.2) is 9.59 Å². The molecule has 2 rings (SSSR count). The summed E-state index contributed by atoms with van der Waals surface area (Å²) in [5.41, 5.74) is 0.520. The van der Waals surface area contributed by atoms with Gasteiger partial charge in [-0.15, -0.1) is 0 Å². The van der Waals surface area contributed by atoms with E-state index in [-0.39, 0.29) is 12.2 Å². The number of fused-ring (bicyclic) bond motifs is 1. The smallest absolute Gasteiger partial charge is 0.407 e. The number of carbonyl (C=O) groups excluding carboxylic acids is 3. The zero-order valence-electron chi connectivity index (χ0n) is 15.5. The Kier molecular flexibility index (Phi) is 6.02. The molecule has 0 radical (unpaired) electrons. The summed E-state index contributed by atoms with van der Waals surface area (Å²) in [5, 5.41) is 3.34. The molecule has 26 heavy (non-hydrogen) atoms. The van der Waals surface area contributed by atoms with Crippen LogP contribution < -0.4 is 5.32 Å². The molecule has 7 heteroatoms. The van der Waals surface area contributed by atoms with Crippen LogP contribution in [0, 0.1) is 0 Å². The van der Waals surface area contributed by atoms with E-state index >= 15 is 0 Å². The van der Waals surface area contributed by atoms with Gasteiger partial charge in [0.2, 0.25) is 0 Å². The molecule has 0 spiro atoms. The monoisotopic (exact) mass is 360 g/mol. The maximum absolute atomic E-state index is 12.3. The number of aromatic nitrogens is 1. The predicted molar refractivity (Wildman–Crippen MR) is 97.1 cm³/mol. The van der Waals surface area contributed by atoms with Gasteiger partial charge in [0, 0.05) is 30.2 Å². The normalized spacial score (nSPS) is 11.2. The Morgan fingerprint density at radius 1 is 1.15 bits per heavy atom. The summed E-state index contributed by atoms with van der Waals surface area (Å²) in [6, 6.07) is 7.27. The highest BCUT2D eigenvalue weighted by atomic mass is 16.6. The van der Waals surface area contributed by atoms with Crippen LogP contribution in [0.25, 0.3) is 10.9 Å². The van der Waals surface area contributed by atoms with Crippen molar-refractivity contribution in [1.29, 1.82) is 0 Å². The molecule has 1 amide bonds. The number of benzene rings is 1. The molecule has 0 aliphatic carbocycles. The Bertz CT molecular complexity index is 817. The van der Waals surface area contributed by atoms with Crippen LogP contribution in [0.5, 0.6) is 0 Å². The standard InChI is InChI=1S/C19H24N2O5/c1-5-25-17(23)16(22)14-12-21(15-9-7-6-8-13(14)15)11-10-20-18(24)26-19(2,3)4/h6-9,12H,5,10-11H2,1-4H3,(H,20,24). The van der Waals surface area contributed by atoms with Crippen LogP contribution in [0.2, 0.25) is 0 Å². The van der Waals surface area contributed by atoms with Gasteiger partial charge in [0.1, 0.15) is 5.60 Å². The first kappa shape index (κ1) is 19.5. The zero-order valence-corrected chi connectivity index (χ0v) is 15.5. The quantitative estimate of drug-likeness (QED) is 0.486. The Labute approximate surface area is 152 Å². The van der Waals surface area contributed by atoms with Crippen LogP contribution in [-0.4, -0.2) is 41.2 Å². The number of rotatable bonds is 6. The summed E-state index contributed by atoms with van der Waals surface area (Å²) < 4.78 is 11.8. The second kappa shape index (κ2) is 8.03. The minimum atomic E-state index is -0.873. The lowest BCUT2D eigenvalue weighted by Crippen LogP contribution is -2.34. The van der Waals surface area contributed by atoms with Gasteiger partial charge in [0.15, 0.2) is 0 Å². The summed E-state index contributed by atoms with van der Waals surface area (Å²) in [7, 11) is 0. The highest BCUT2D eigenvalue weighted by Crippen LogP contribution is 2.22. The minimum absolute atomic E-state index is 0.142. The molecule has 0 saturated carbocycles. The molecule has 0 atom stereocenters. The number of amides is 1. The van der Waals surface area contributed by atoms with Crippen LogP contribution in [0.1, 0.15) is 38.1 Å². The first-order chi connectivity index (χ1) is 12.2. The van der Waals surface area contributed by atoms with Crippen LogP contribution in [0.3, 0.4) is 0 Å². The van der Waals surface area contributed by atoms with E-state index in [0.717, 1.165) is 5.52 Å². The Morgan fingerprint density at radius 3 is 2.50 bits per heavy atom. The topological polar surface area (TPSA) is 86.6 Å². The van der Waals surface area contributed by atoms with E-state index < -0.39 is 23.4 Å². The molecule has 0 aliphatic heterocycles. The maximum Gasteiger partial charge on any atom is 0.407 e. The highest BCUT2D eigenvalue weighted by molar-refractivity contribution is 6.43. The molecule has 0 saturated heterocycles. The molecule has 2 aromatic rings. The molecule has 1 aromatic carbocycles. The molecule has 7 nitrogen and oxygen atoms in total. The second-order valence-electron chi connectivity index (χ2n) is 6.73. The van der Waals surface area contributed by atoms with E-state index in [4.69, 9.17) is 9.47 Å². The van der Waals surface area contributed by atoms with Crippen molar-refractivity contribution in [2.24, 2.45) is 0 Å². The van der Waals surface area contributed by atoms with Crippen molar-refractivity contribution in [3.05, 3.63) is 36.0 Å². The third kappa shape index (κ3) is 4.84. The molecule has 0 aliphatic rings. The van der Waals surface area contributed by atoms with Gasteiger partial charge in [-0.05, 0) is 33.8 Å². The van der Waals surface area contributed by atoms with E-state index in [1.165, 1.54) is 0 Å². The number of hydrogen-bond acceptors (Lipinski definition) is 5. The summed E-state index contributed by atoms with van der Waals surface area (Å²) in [6.45, 7) is 7.91. The number of ether oxygens (including phenoxy) is 2. The van der Waals surface area contributed by atoms with Crippen molar-refractivity contribution >= 4 is 28.7 Å². The van der Waals surface area contributed by atoms with Gasteiger partial charge in [0.25, 0.3) is 5.78 Å². The van der Waals surface area contributed by atoms with Crippen molar-refractivity contribution < 1.29 is 23.9 Å². The van der Waals surface area contributed by atoms with E-state index in [9.17, 15) is 14.4 Å². The number of ketones is 1. The van der Waals surface area contributed by atoms with Crippen LogP contribution in [0.15, 0.2) is 30.5 Å². The van der Waals surface area contributed by atoms with E-state index in [2.05, 4.69) is 5.32 Å². The summed E-state index contributed by atoms with van der Waals surface area (Å²) in [5.74, 6) is -1.55. The number of Topliss-reactive ketones (excluding diaryl/α,β-unsaturated/α-hetero) is 1. The number of para-hydroxylation sites is 1. The Hall–Kier alpha value is -2.83. The van der Waals surface area contributed by atoms with Crippen molar-refractivity contribution in [2.75, 3.05) is 13.2 Å². The summed E-state index contributed by atoms with van der Waals surface area (Å²) in [6.07, 6.45) is 1.11. The lowest BCUT2D eigenvalue weighted by Gasteiger charge is -2.19. The van der Waals surface area contributed by atoms with Gasteiger partial charge in [0.05, 0.1) is 12.2 Å². The summed E-state index contributed by atoms with van der Waals surface area (Å²) >= 11 is 0. The lowest BCUT2D eigenvalue weighted by atomic mass is 10.1. The third-order valence-corrected chi connectivity index (χ3v) is 3.51. The summed E-state index contributed by atoms with van der Waals surface area (Å²) in [4.78, 5) is 35.8. The third-order valence-electron chi connectivity index (χ3n) is 3.51. The van der Waals surface area contributed by atoms with Crippen LogP contribution >= 0.6 is 0 Å². The lowest BCUT2D eigenvalue weighted by molar-refractivity contribution is -0.137. The largest absolute Gasteiger partial charge is 0.460 e. The van der Waals surface area contributed by atoms with Crippen LogP contribution in [-0.2, 0) is 20.8 Å². The fourth-order valence-electron chi connectivity index (χ4n) is 2.51. The van der Waals surface area contributed by atoms with Crippen LogP contribution in [0.4, 0.5) is 4.79 Å². The Morgan fingerprint density at radius 2 is 1.85 bits per heavy atom. The van der Waals surface area contributed by atoms with E-state index in [0.29, 0.717) is 18.5 Å². The van der Waals surface area contributed by atoms with Crippen molar-refractivity contribution in [1.82, 2.24) is 9.88 Å². The molecular formula is C19H24N2O5. The van der Waals surface area contributed by atoms with Gasteiger partial charge in [-0.1, -0.05) is 18.2 Å². The average molecular weight is 360 g/mol. The van der Waals surface area contributed by atoms with Gasteiger partial charge in [-0.3, -0.25) is 4.79 Å². The van der Waals surface area contributed by atoms with Crippen molar-refractivity contribution in [3.8, 4) is 0 Å². The van der Waals surface area contributed by atoms with Gasteiger partial charge in [-0.2, -0.15) is 0 Å². The number of esters is 1. The average Bonchev–Trinajstić information content (AvgIpc) is 2.92. The Balaban J connectivity index is 2.15. The first-order valence-corrected chi connectivity index (χ1v) is 8.49. The molecule has 0 bridgehead atoms. The molecule has 140 valence electrons. The number of nitrogens with zero attached hydrogens (tertiary/aromatic N) is 1. The molecule has 1 N–H and O–H groups in total. The van der Waals surface area contributed by atoms with Crippen molar-refractivity contribution in [3.63, 3.8) is 0 Å². The molecule has 0 fully saturated rings. The first-order valence-electron chi connectivity index (χ1n) is 8.49. The number of alkyl carbamates (subject to hydrolysis) is 1. The fraction of sp³-hybridized carbons (Fsp3) is 0.421. The SMILES string of the molecule is CCOC(=O)C(=O)c1cn(CCNC(=O)OC(C)(C)C)c2ccccc12. The molecular weight excluding hydrogens is 336 g/mol. The predicted octanol–water partition coefficient (Wildman–Crippen LogP) is 2.91.